The molecule has 0 atom stereocenters. The van der Waals surface area contributed by atoms with Crippen molar-refractivity contribution >= 4 is 5.78 Å². The van der Waals surface area contributed by atoms with Crippen molar-refractivity contribution < 1.29 is 4.79 Å². The molecule has 0 spiro atoms. The van der Waals surface area contributed by atoms with Crippen molar-refractivity contribution in [3.8, 4) is 0 Å². The quantitative estimate of drug-likeness (QED) is 0.786. The van der Waals surface area contributed by atoms with E-state index in [-0.39, 0.29) is 5.54 Å². The molecule has 1 aromatic carbocycles. The van der Waals surface area contributed by atoms with Crippen LogP contribution in [-0.2, 0) is 11.2 Å². The summed E-state index contributed by atoms with van der Waals surface area (Å²) in [5, 5.41) is 0. The summed E-state index contributed by atoms with van der Waals surface area (Å²) in [6.45, 7) is 10.7. The average Bonchev–Trinajstić information content (AvgIpc) is 3.00. The molecule has 1 aliphatic rings. The third-order valence-electron chi connectivity index (χ3n) is 5.34. The second kappa shape index (κ2) is 6.74. The summed E-state index contributed by atoms with van der Waals surface area (Å²) in [7, 11) is 0. The Labute approximate surface area is 129 Å². The van der Waals surface area contributed by atoms with Gasteiger partial charge in [0.25, 0.3) is 0 Å². The Bertz CT molecular complexity index is 496. The van der Waals surface area contributed by atoms with Crippen LogP contribution in [0.1, 0.15) is 56.2 Å². The molecule has 1 fully saturated rings. The molecule has 2 nitrogen and oxygen atoms in total. The maximum absolute atomic E-state index is 13.0. The zero-order valence-corrected chi connectivity index (χ0v) is 14.0. The van der Waals surface area contributed by atoms with E-state index in [0.29, 0.717) is 12.2 Å². The lowest BCUT2D eigenvalue weighted by Gasteiger charge is -2.39. The van der Waals surface area contributed by atoms with Gasteiger partial charge in [-0.3, -0.25) is 9.69 Å². The van der Waals surface area contributed by atoms with Gasteiger partial charge in [-0.15, -0.1) is 0 Å². The van der Waals surface area contributed by atoms with Crippen molar-refractivity contribution in [3.63, 3.8) is 0 Å². The summed E-state index contributed by atoms with van der Waals surface area (Å²) in [6, 6.07) is 6.42. The number of hydrogen-bond acceptors (Lipinski definition) is 2. The van der Waals surface area contributed by atoms with E-state index in [1.54, 1.807) is 0 Å². The van der Waals surface area contributed by atoms with E-state index >= 15 is 0 Å². The lowest BCUT2D eigenvalue weighted by Crippen LogP contribution is -2.53. The van der Waals surface area contributed by atoms with Crippen molar-refractivity contribution in [2.45, 2.75) is 65.3 Å². The molecular formula is C19H29NO. The van der Waals surface area contributed by atoms with Crippen LogP contribution in [0.2, 0.25) is 0 Å². The molecule has 0 N–H and O–H groups in total. The van der Waals surface area contributed by atoms with Crippen molar-refractivity contribution in [1.82, 2.24) is 4.90 Å². The normalized spacial score (nSPS) is 16.4. The molecule has 0 amide bonds. The van der Waals surface area contributed by atoms with Gasteiger partial charge in [-0.1, -0.05) is 32.0 Å². The van der Waals surface area contributed by atoms with Gasteiger partial charge >= 0.3 is 0 Å². The van der Waals surface area contributed by atoms with Crippen LogP contribution in [0.3, 0.4) is 0 Å². The topological polar surface area (TPSA) is 20.3 Å². The predicted octanol–water partition coefficient (Wildman–Crippen LogP) is 4.07. The van der Waals surface area contributed by atoms with Crippen LogP contribution in [-0.4, -0.2) is 29.3 Å². The van der Waals surface area contributed by atoms with Crippen LogP contribution in [0.4, 0.5) is 0 Å². The summed E-state index contributed by atoms with van der Waals surface area (Å²) in [5.41, 5.74) is 3.49. The first-order chi connectivity index (χ1) is 10.0. The SMILES string of the molecule is CCC(CC)(C(=O)Cc1ccc(C)c(C)c1)N1CCCC1. The zero-order valence-electron chi connectivity index (χ0n) is 14.0. The van der Waals surface area contributed by atoms with Gasteiger partial charge in [0.1, 0.15) is 0 Å². The second-order valence-corrected chi connectivity index (χ2v) is 6.45. The zero-order chi connectivity index (χ0) is 15.5. The van der Waals surface area contributed by atoms with Gasteiger partial charge in [0, 0.05) is 6.42 Å². The molecule has 2 rings (SSSR count). The molecule has 1 aliphatic heterocycles. The fourth-order valence-corrected chi connectivity index (χ4v) is 3.68. The minimum Gasteiger partial charge on any atom is -0.297 e. The van der Waals surface area contributed by atoms with Crippen molar-refractivity contribution in [1.29, 1.82) is 0 Å². The monoisotopic (exact) mass is 287 g/mol. The Morgan fingerprint density at radius 1 is 1.10 bits per heavy atom. The third-order valence-corrected chi connectivity index (χ3v) is 5.34. The summed E-state index contributed by atoms with van der Waals surface area (Å²) in [5.74, 6) is 0.401. The van der Waals surface area contributed by atoms with Gasteiger partial charge in [0.2, 0.25) is 0 Å². The number of benzene rings is 1. The number of aryl methyl sites for hydroxylation is 2. The van der Waals surface area contributed by atoms with E-state index in [4.69, 9.17) is 0 Å². The highest BCUT2D eigenvalue weighted by Crippen LogP contribution is 2.30. The number of carbonyl (C=O) groups excluding carboxylic acids is 1. The molecule has 2 heteroatoms. The van der Waals surface area contributed by atoms with Crippen LogP contribution < -0.4 is 0 Å². The number of nitrogens with zero attached hydrogens (tertiary/aromatic N) is 1. The Balaban J connectivity index is 2.20. The van der Waals surface area contributed by atoms with E-state index in [1.807, 2.05) is 0 Å². The number of ketones is 1. The molecule has 0 radical (unpaired) electrons. The molecule has 0 saturated carbocycles. The lowest BCUT2D eigenvalue weighted by molar-refractivity contribution is -0.130. The summed E-state index contributed by atoms with van der Waals surface area (Å²) < 4.78 is 0. The standard InChI is InChI=1S/C19H29NO/c1-5-19(6-2,20-11-7-8-12-20)18(21)14-17-10-9-15(3)16(4)13-17/h9-10,13H,5-8,11-12,14H2,1-4H3. The van der Waals surface area contributed by atoms with Gasteiger partial charge in [-0.2, -0.15) is 0 Å². The molecule has 21 heavy (non-hydrogen) atoms. The van der Waals surface area contributed by atoms with E-state index < -0.39 is 0 Å². The van der Waals surface area contributed by atoms with E-state index in [9.17, 15) is 4.79 Å². The number of hydrogen-bond donors (Lipinski definition) is 0. The summed E-state index contributed by atoms with van der Waals surface area (Å²) in [6.07, 6.45) is 4.89. The van der Waals surface area contributed by atoms with E-state index in [2.05, 4.69) is 50.8 Å². The van der Waals surface area contributed by atoms with Crippen LogP contribution in [0.25, 0.3) is 0 Å². The van der Waals surface area contributed by atoms with Gasteiger partial charge in [0.15, 0.2) is 5.78 Å². The Kier molecular flexibility index (Phi) is 5.21. The van der Waals surface area contributed by atoms with E-state index in [1.165, 1.54) is 24.0 Å². The predicted molar refractivity (Wildman–Crippen MR) is 88.7 cm³/mol. The minimum atomic E-state index is -0.241. The molecule has 0 bridgehead atoms. The van der Waals surface area contributed by atoms with Crippen molar-refractivity contribution in [2.24, 2.45) is 0 Å². The van der Waals surface area contributed by atoms with Crippen molar-refractivity contribution in [3.05, 3.63) is 34.9 Å². The lowest BCUT2D eigenvalue weighted by atomic mass is 9.83. The average molecular weight is 287 g/mol. The number of likely N-dealkylation sites (tertiary alicyclic amines) is 1. The maximum atomic E-state index is 13.0. The second-order valence-electron chi connectivity index (χ2n) is 6.45. The smallest absolute Gasteiger partial charge is 0.157 e. The number of carbonyl (C=O) groups is 1. The van der Waals surface area contributed by atoms with Gasteiger partial charge in [0.05, 0.1) is 5.54 Å². The Hall–Kier alpha value is -1.15. The fourth-order valence-electron chi connectivity index (χ4n) is 3.68. The van der Waals surface area contributed by atoms with Crippen molar-refractivity contribution in [2.75, 3.05) is 13.1 Å². The molecule has 0 aromatic heterocycles. The van der Waals surface area contributed by atoms with Crippen LogP contribution in [0.15, 0.2) is 18.2 Å². The third kappa shape index (κ3) is 3.21. The first kappa shape index (κ1) is 16.2. The highest BCUT2D eigenvalue weighted by Gasteiger charge is 2.41. The first-order valence-electron chi connectivity index (χ1n) is 8.38. The summed E-state index contributed by atoms with van der Waals surface area (Å²) >= 11 is 0. The molecule has 1 saturated heterocycles. The van der Waals surface area contributed by atoms with Crippen LogP contribution in [0.5, 0.6) is 0 Å². The fraction of sp³-hybridized carbons (Fsp3) is 0.632. The van der Waals surface area contributed by atoms with E-state index in [0.717, 1.165) is 31.5 Å². The Morgan fingerprint density at radius 3 is 2.24 bits per heavy atom. The number of Topliss-reactive ketones (excluding diaryl/α,β-unsaturated/α-hetero) is 1. The highest BCUT2D eigenvalue weighted by molar-refractivity contribution is 5.90. The molecule has 0 aliphatic carbocycles. The summed E-state index contributed by atoms with van der Waals surface area (Å²) in [4.78, 5) is 15.5. The largest absolute Gasteiger partial charge is 0.297 e. The minimum absolute atomic E-state index is 0.241. The van der Waals surface area contributed by atoms with Crippen LogP contribution in [0, 0.1) is 13.8 Å². The van der Waals surface area contributed by atoms with Gasteiger partial charge in [-0.25, -0.2) is 0 Å². The highest BCUT2D eigenvalue weighted by atomic mass is 16.1. The first-order valence-corrected chi connectivity index (χ1v) is 8.38. The molecular weight excluding hydrogens is 258 g/mol. The van der Waals surface area contributed by atoms with Gasteiger partial charge < -0.3 is 0 Å². The molecule has 1 heterocycles. The maximum Gasteiger partial charge on any atom is 0.157 e. The van der Waals surface area contributed by atoms with Gasteiger partial charge in [-0.05, 0) is 69.3 Å². The molecule has 116 valence electrons. The number of rotatable bonds is 6. The van der Waals surface area contributed by atoms with Crippen LogP contribution >= 0.6 is 0 Å². The molecule has 1 aromatic rings. The Morgan fingerprint density at radius 2 is 1.71 bits per heavy atom. The molecule has 0 unspecified atom stereocenters.